The van der Waals surface area contributed by atoms with E-state index in [0.717, 1.165) is 5.69 Å². The summed E-state index contributed by atoms with van der Waals surface area (Å²) in [5.41, 5.74) is 0.931. The third-order valence-corrected chi connectivity index (χ3v) is 18.9. The molecule has 0 radical (unpaired) electrons. The molecule has 0 aromatic heterocycles. The fourth-order valence-corrected chi connectivity index (χ4v) is 12.6. The largest absolute Gasteiger partial charge is 0.390 e. The van der Waals surface area contributed by atoms with Crippen molar-refractivity contribution in [1.29, 1.82) is 0 Å². The van der Waals surface area contributed by atoms with E-state index in [9.17, 15) is 38.7 Å². The molecule has 0 unspecified atom stereocenters. The smallest absolute Gasteiger partial charge is 0.246 e. The molecule has 13 atom stereocenters. The molecule has 1 aromatic carbocycles. The van der Waals surface area contributed by atoms with Crippen LogP contribution in [0.15, 0.2) is 30.3 Å². The number of hydrogen-bond acceptors (Lipinski definition) is 13. The van der Waals surface area contributed by atoms with Gasteiger partial charge < -0.3 is 49.6 Å². The van der Waals surface area contributed by atoms with Crippen LogP contribution in [0.4, 0.5) is 5.69 Å². The number of aliphatic hydroxyl groups is 1. The van der Waals surface area contributed by atoms with Crippen molar-refractivity contribution in [2.24, 2.45) is 59.2 Å². The standard InChI is InChI=1S/C71H121N9O12/c1-26-51-39-60(83)62(63(84)47(14)32-33-73(18)52-30-28-27-29-31-52)80(25)71(92)61(46(12)13)79(24)70(91)57(37-44(8)9)78(23)69(90)56(36-43(6)7)77(22)65(86)49(16)72-64(85)48(15)38-58(81)54(34-41(2)3)76(21)68(89)53(45(10)11)40-59(82)55(35-42(4)5)75(20)66(87)50(17)74(19)67(51)88/h27-31,41-51,53-57,61-63,84H,26,32-40H2,1-25H3,(H,72,85)/t47-,48+,49+,50-,51+,53-,54-,55+,56-,57-,61-,62+,63-/m1/s1. The third-order valence-electron chi connectivity index (χ3n) is 18.9. The maximum absolute atomic E-state index is 15.5. The number of amides is 8. The number of benzene rings is 1. The Morgan fingerprint density at radius 3 is 1.36 bits per heavy atom. The van der Waals surface area contributed by atoms with Crippen LogP contribution in [-0.2, 0) is 52.7 Å². The van der Waals surface area contributed by atoms with Crippen LogP contribution in [0.2, 0.25) is 0 Å². The zero-order valence-electron chi connectivity index (χ0n) is 60.9. The number of carbonyl (C=O) groups is 11. The quantitative estimate of drug-likeness (QED) is 0.154. The molecule has 2 rings (SSSR count). The number of likely N-dealkylation sites (N-methyl/N-ethyl adjacent to an activating group) is 7. The lowest BCUT2D eigenvalue weighted by Gasteiger charge is -2.42. The van der Waals surface area contributed by atoms with E-state index in [1.807, 2.05) is 112 Å². The second-order valence-corrected chi connectivity index (χ2v) is 29.1. The van der Waals surface area contributed by atoms with E-state index in [4.69, 9.17) is 0 Å². The summed E-state index contributed by atoms with van der Waals surface area (Å²) in [7, 11) is 12.2. The number of anilines is 1. The van der Waals surface area contributed by atoms with Crippen molar-refractivity contribution in [3.05, 3.63) is 30.3 Å². The number of hydrogen-bond donors (Lipinski definition) is 2. The molecule has 1 fully saturated rings. The summed E-state index contributed by atoms with van der Waals surface area (Å²) in [6.07, 6.45) is -1.14. The summed E-state index contributed by atoms with van der Waals surface area (Å²) in [4.78, 5) is 174. The summed E-state index contributed by atoms with van der Waals surface area (Å²) in [5.74, 6) is -11.0. The Balaban J connectivity index is 3.02. The van der Waals surface area contributed by atoms with Gasteiger partial charge in [0.15, 0.2) is 17.3 Å². The van der Waals surface area contributed by atoms with Gasteiger partial charge in [-0.2, -0.15) is 0 Å². The molecule has 21 heteroatoms. The molecule has 21 nitrogen and oxygen atoms in total. The van der Waals surface area contributed by atoms with Gasteiger partial charge in [0, 0.05) is 106 Å². The van der Waals surface area contributed by atoms with Crippen LogP contribution < -0.4 is 10.2 Å². The average molecular weight is 1290 g/mol. The molecular weight excluding hydrogens is 1170 g/mol. The number of para-hydroxylation sites is 1. The summed E-state index contributed by atoms with van der Waals surface area (Å²) in [5, 5.41) is 15.3. The first-order valence-corrected chi connectivity index (χ1v) is 33.8. The van der Waals surface area contributed by atoms with Crippen molar-refractivity contribution in [1.82, 2.24) is 39.6 Å². The van der Waals surface area contributed by atoms with Crippen LogP contribution in [0.3, 0.4) is 0 Å². The average Bonchev–Trinajstić information content (AvgIpc) is 0.833. The van der Waals surface area contributed by atoms with Crippen LogP contribution in [0.1, 0.15) is 175 Å². The van der Waals surface area contributed by atoms with E-state index in [-0.39, 0.29) is 74.4 Å². The molecule has 1 heterocycles. The van der Waals surface area contributed by atoms with Gasteiger partial charge in [0.05, 0.1) is 18.2 Å². The van der Waals surface area contributed by atoms with Crippen LogP contribution in [-0.4, -0.2) is 221 Å². The number of rotatable bonds is 17. The highest BCUT2D eigenvalue weighted by atomic mass is 16.3. The molecule has 0 spiro atoms. The lowest BCUT2D eigenvalue weighted by atomic mass is 9.84. The van der Waals surface area contributed by atoms with E-state index in [0.29, 0.717) is 13.0 Å². The molecular formula is C71H121N9O12. The summed E-state index contributed by atoms with van der Waals surface area (Å²) in [6, 6.07) is 0.275. The Kier molecular flexibility index (Phi) is 32.9. The zero-order valence-corrected chi connectivity index (χ0v) is 60.9. The molecule has 0 bridgehead atoms. The number of nitrogens with one attached hydrogen (secondary N) is 1. The highest BCUT2D eigenvalue weighted by Gasteiger charge is 2.46. The van der Waals surface area contributed by atoms with Crippen molar-refractivity contribution in [2.75, 3.05) is 67.8 Å². The first-order valence-electron chi connectivity index (χ1n) is 33.8. The molecule has 0 aliphatic carbocycles. The Bertz CT molecular complexity index is 2650. The lowest BCUT2D eigenvalue weighted by molar-refractivity contribution is -0.157. The molecule has 1 saturated heterocycles. The second kappa shape index (κ2) is 37.0. The van der Waals surface area contributed by atoms with Gasteiger partial charge >= 0.3 is 0 Å². The predicted octanol–water partition coefficient (Wildman–Crippen LogP) is 7.49. The zero-order chi connectivity index (χ0) is 70.8. The van der Waals surface area contributed by atoms with Crippen molar-refractivity contribution >= 4 is 70.3 Å². The first kappa shape index (κ1) is 81.8. The molecule has 1 aromatic rings. The Labute approximate surface area is 552 Å². The number of aliphatic hydroxyl groups excluding tert-OH is 1. The monoisotopic (exact) mass is 1290 g/mol. The molecule has 2 N–H and O–H groups in total. The van der Waals surface area contributed by atoms with Gasteiger partial charge in [0.2, 0.25) is 47.3 Å². The van der Waals surface area contributed by atoms with Gasteiger partial charge in [-0.05, 0) is 106 Å². The molecule has 0 saturated carbocycles. The minimum atomic E-state index is -1.53. The van der Waals surface area contributed by atoms with E-state index < -0.39 is 155 Å². The van der Waals surface area contributed by atoms with Crippen molar-refractivity contribution in [3.8, 4) is 0 Å². The van der Waals surface area contributed by atoms with Crippen LogP contribution in [0, 0.1) is 59.2 Å². The van der Waals surface area contributed by atoms with Gasteiger partial charge in [-0.3, -0.25) is 52.7 Å². The van der Waals surface area contributed by atoms with E-state index in [1.54, 1.807) is 41.5 Å². The SMILES string of the molecule is CC[C@H]1CC(=O)[C@@H]([C@H](O)[C@H](C)CCN(C)c2ccccc2)N(C)C(=O)[C@@H](C(C)C)N(C)C(=O)[C@@H](CC(C)C)N(C)C(=O)[C@@H](CC(C)C)N(C)C(=O)[C@H](C)NC(=O)[C@@H](C)CC(=O)[C@@H](CC(C)C)N(C)C(=O)[C@@H](C(C)C)CC(=O)[C@H](CC(C)C)N(C)C(=O)[C@@H](C)N(C)C1=O. The fraction of sp³-hybridized carbons (Fsp3) is 0.761. The minimum absolute atomic E-state index is 0.0722. The maximum atomic E-state index is 15.5. The number of ketones is 3. The molecule has 1 aliphatic heterocycles. The van der Waals surface area contributed by atoms with Crippen molar-refractivity contribution in [3.63, 3.8) is 0 Å². The number of carbonyl (C=O) groups excluding carboxylic acids is 11. The third kappa shape index (κ3) is 22.2. The summed E-state index contributed by atoms with van der Waals surface area (Å²) < 4.78 is 0. The Hall–Kier alpha value is -6.25. The van der Waals surface area contributed by atoms with Gasteiger partial charge in [-0.25, -0.2) is 0 Å². The highest BCUT2D eigenvalue weighted by Crippen LogP contribution is 2.30. The van der Waals surface area contributed by atoms with Crippen molar-refractivity contribution in [2.45, 2.75) is 230 Å². The molecule has 92 heavy (non-hydrogen) atoms. The molecule has 522 valence electrons. The van der Waals surface area contributed by atoms with Gasteiger partial charge in [-0.1, -0.05) is 122 Å². The molecule has 1 aliphatic rings. The second-order valence-electron chi connectivity index (χ2n) is 29.1. The summed E-state index contributed by atoms with van der Waals surface area (Å²) in [6.45, 7) is 30.9. The highest BCUT2D eigenvalue weighted by molar-refractivity contribution is 6.00. The Morgan fingerprint density at radius 1 is 0.478 bits per heavy atom. The first-order chi connectivity index (χ1) is 42.6. The van der Waals surface area contributed by atoms with Gasteiger partial charge in [-0.15, -0.1) is 0 Å². The van der Waals surface area contributed by atoms with E-state index >= 15 is 19.2 Å². The van der Waals surface area contributed by atoms with Crippen LogP contribution in [0.5, 0.6) is 0 Å². The van der Waals surface area contributed by atoms with Crippen LogP contribution >= 0.6 is 0 Å². The van der Waals surface area contributed by atoms with Crippen LogP contribution in [0.25, 0.3) is 0 Å². The predicted molar refractivity (Wildman–Crippen MR) is 361 cm³/mol. The topological polar surface area (TPSA) is 246 Å². The summed E-state index contributed by atoms with van der Waals surface area (Å²) >= 11 is 0. The lowest BCUT2D eigenvalue weighted by Crippen LogP contribution is -2.62. The van der Waals surface area contributed by atoms with E-state index in [1.165, 1.54) is 90.6 Å². The maximum Gasteiger partial charge on any atom is 0.246 e. The fourth-order valence-electron chi connectivity index (χ4n) is 12.6. The van der Waals surface area contributed by atoms with E-state index in [2.05, 4.69) is 5.32 Å². The minimum Gasteiger partial charge on any atom is -0.390 e. The van der Waals surface area contributed by atoms with Crippen molar-refractivity contribution < 1.29 is 57.8 Å². The Morgan fingerprint density at radius 2 is 0.902 bits per heavy atom. The normalized spacial score (nSPS) is 26.7. The van der Waals surface area contributed by atoms with Gasteiger partial charge in [0.1, 0.15) is 36.3 Å². The number of Topliss-reactive ketones (excluding diaryl/α,β-unsaturated/α-hetero) is 3. The van der Waals surface area contributed by atoms with Gasteiger partial charge in [0.25, 0.3) is 0 Å². The number of nitrogens with zero attached hydrogens (tertiary/aromatic N) is 8. The molecule has 8 amide bonds.